The van der Waals surface area contributed by atoms with Crippen molar-refractivity contribution >= 4 is 38.7 Å². The minimum atomic E-state index is -0.456. The van der Waals surface area contributed by atoms with Crippen LogP contribution in [0.5, 0.6) is 0 Å². The van der Waals surface area contributed by atoms with Gasteiger partial charge in [-0.1, -0.05) is 0 Å². The van der Waals surface area contributed by atoms with Gasteiger partial charge in [-0.2, -0.15) is 0 Å². The molecule has 130 valence electrons. The van der Waals surface area contributed by atoms with Crippen LogP contribution in [0.15, 0.2) is 22.9 Å². The highest BCUT2D eigenvalue weighted by Crippen LogP contribution is 2.28. The van der Waals surface area contributed by atoms with Crippen molar-refractivity contribution in [2.45, 2.75) is 26.4 Å². The first kappa shape index (κ1) is 17.1. The van der Waals surface area contributed by atoms with Gasteiger partial charge < -0.3 is 19.1 Å². The molecule has 3 heterocycles. The number of fused-ring (bicyclic) bond motifs is 1. The molecule has 0 radical (unpaired) electrons. The lowest BCUT2D eigenvalue weighted by molar-refractivity contribution is 0.0240. The summed E-state index contributed by atoms with van der Waals surface area (Å²) in [5, 5.41) is 1.10. The second kappa shape index (κ2) is 6.27. The van der Waals surface area contributed by atoms with Gasteiger partial charge in [-0.05, 0) is 42.8 Å². The fourth-order valence-electron chi connectivity index (χ4n) is 2.85. The van der Waals surface area contributed by atoms with E-state index >= 15 is 0 Å². The molecular formula is C17H23BrN4O2. The molecule has 0 unspecified atom stereocenters. The van der Waals surface area contributed by atoms with Crippen molar-refractivity contribution in [1.29, 1.82) is 0 Å². The number of ether oxygens (including phenoxy) is 1. The van der Waals surface area contributed by atoms with Crippen LogP contribution in [0.2, 0.25) is 0 Å². The fourth-order valence-corrected chi connectivity index (χ4v) is 3.45. The predicted molar refractivity (Wildman–Crippen MR) is 98.4 cm³/mol. The zero-order valence-electron chi connectivity index (χ0n) is 14.5. The highest BCUT2D eigenvalue weighted by molar-refractivity contribution is 9.10. The maximum Gasteiger partial charge on any atom is 0.410 e. The molecule has 2 aromatic heterocycles. The molecule has 1 aliphatic heterocycles. The van der Waals surface area contributed by atoms with E-state index in [1.165, 1.54) is 0 Å². The second-order valence-corrected chi connectivity index (χ2v) is 7.96. The summed E-state index contributed by atoms with van der Waals surface area (Å²) in [6.07, 6.45) is 3.68. The maximum atomic E-state index is 12.1. The van der Waals surface area contributed by atoms with Crippen molar-refractivity contribution in [2.75, 3.05) is 31.1 Å². The van der Waals surface area contributed by atoms with E-state index < -0.39 is 5.60 Å². The van der Waals surface area contributed by atoms with Crippen LogP contribution in [0.3, 0.4) is 0 Å². The van der Waals surface area contributed by atoms with Gasteiger partial charge in [-0.3, -0.25) is 0 Å². The van der Waals surface area contributed by atoms with Gasteiger partial charge in [-0.15, -0.1) is 0 Å². The molecule has 1 fully saturated rings. The van der Waals surface area contributed by atoms with Crippen molar-refractivity contribution in [3.63, 3.8) is 0 Å². The Morgan fingerprint density at radius 2 is 1.92 bits per heavy atom. The van der Waals surface area contributed by atoms with Gasteiger partial charge in [0.25, 0.3) is 0 Å². The lowest BCUT2D eigenvalue weighted by Gasteiger charge is -2.36. The molecule has 1 aliphatic rings. The SMILES string of the molecule is Cn1cc(Br)c2cc(N3CCN(C(=O)OC(C)(C)C)CC3)cnc21. The van der Waals surface area contributed by atoms with Gasteiger partial charge >= 0.3 is 6.09 Å². The Balaban J connectivity index is 1.69. The molecule has 7 heteroatoms. The van der Waals surface area contributed by atoms with Crippen LogP contribution in [-0.2, 0) is 11.8 Å². The molecule has 6 nitrogen and oxygen atoms in total. The number of carbonyl (C=O) groups is 1. The number of nitrogens with zero attached hydrogens (tertiary/aromatic N) is 4. The van der Waals surface area contributed by atoms with Crippen LogP contribution in [0, 0.1) is 0 Å². The minimum Gasteiger partial charge on any atom is -0.444 e. The standard InChI is InChI=1S/C17H23BrN4O2/c1-17(2,3)24-16(23)22-7-5-21(6-8-22)12-9-13-14(18)11-20(4)15(13)19-10-12/h9-11H,5-8H2,1-4H3. The molecule has 24 heavy (non-hydrogen) atoms. The molecule has 0 N–H and O–H groups in total. The number of piperazine rings is 1. The highest BCUT2D eigenvalue weighted by atomic mass is 79.9. The molecular weight excluding hydrogens is 372 g/mol. The first-order valence-corrected chi connectivity index (χ1v) is 8.87. The van der Waals surface area contributed by atoms with E-state index in [-0.39, 0.29) is 6.09 Å². The third kappa shape index (κ3) is 3.50. The molecule has 0 bridgehead atoms. The van der Waals surface area contributed by atoms with E-state index in [2.05, 4.69) is 31.9 Å². The monoisotopic (exact) mass is 394 g/mol. The molecule has 1 amide bonds. The third-order valence-electron chi connectivity index (χ3n) is 4.05. The Morgan fingerprint density at radius 1 is 1.25 bits per heavy atom. The second-order valence-electron chi connectivity index (χ2n) is 7.11. The van der Waals surface area contributed by atoms with Crippen molar-refractivity contribution in [2.24, 2.45) is 7.05 Å². The van der Waals surface area contributed by atoms with E-state index in [1.54, 1.807) is 4.90 Å². The quantitative estimate of drug-likeness (QED) is 0.743. The summed E-state index contributed by atoms with van der Waals surface area (Å²) in [6, 6.07) is 2.15. The van der Waals surface area contributed by atoms with Gasteiger partial charge in [0.2, 0.25) is 0 Å². The number of aromatic nitrogens is 2. The van der Waals surface area contributed by atoms with Gasteiger partial charge in [0, 0.05) is 49.3 Å². The predicted octanol–water partition coefficient (Wildman–Crippen LogP) is 3.39. The molecule has 0 saturated carbocycles. The minimum absolute atomic E-state index is 0.235. The van der Waals surface area contributed by atoms with Crippen LogP contribution < -0.4 is 4.90 Å². The smallest absolute Gasteiger partial charge is 0.410 e. The number of pyridine rings is 1. The lowest BCUT2D eigenvalue weighted by atomic mass is 10.2. The number of carbonyl (C=O) groups excluding carboxylic acids is 1. The zero-order valence-corrected chi connectivity index (χ0v) is 16.1. The first-order chi connectivity index (χ1) is 11.2. The Bertz CT molecular complexity index is 758. The van der Waals surface area contributed by atoms with Crippen molar-refractivity contribution in [3.05, 3.63) is 22.9 Å². The van der Waals surface area contributed by atoms with E-state index in [9.17, 15) is 4.79 Å². The van der Waals surface area contributed by atoms with Crippen LogP contribution in [0.1, 0.15) is 20.8 Å². The Morgan fingerprint density at radius 3 is 2.54 bits per heavy atom. The van der Waals surface area contributed by atoms with Crippen LogP contribution in [-0.4, -0.2) is 52.3 Å². The van der Waals surface area contributed by atoms with E-state index in [1.807, 2.05) is 44.8 Å². The van der Waals surface area contributed by atoms with Gasteiger partial charge in [0.15, 0.2) is 0 Å². The maximum absolute atomic E-state index is 12.1. The largest absolute Gasteiger partial charge is 0.444 e. The van der Waals surface area contributed by atoms with Crippen LogP contribution in [0.25, 0.3) is 11.0 Å². The summed E-state index contributed by atoms with van der Waals surface area (Å²) in [4.78, 5) is 20.7. The molecule has 0 spiro atoms. The summed E-state index contributed by atoms with van der Waals surface area (Å²) < 4.78 is 8.49. The van der Waals surface area contributed by atoms with Gasteiger partial charge in [-0.25, -0.2) is 9.78 Å². The Hall–Kier alpha value is -1.76. The molecule has 0 aliphatic carbocycles. The number of aryl methyl sites for hydroxylation is 1. The fraction of sp³-hybridized carbons (Fsp3) is 0.529. The number of hydrogen-bond donors (Lipinski definition) is 0. The van der Waals surface area contributed by atoms with Crippen LogP contribution in [0.4, 0.5) is 10.5 Å². The average Bonchev–Trinajstić information content (AvgIpc) is 2.80. The lowest BCUT2D eigenvalue weighted by Crippen LogP contribution is -2.50. The average molecular weight is 395 g/mol. The molecule has 0 aromatic carbocycles. The molecule has 0 atom stereocenters. The summed E-state index contributed by atoms with van der Waals surface area (Å²) in [5.41, 5.74) is 1.58. The topological polar surface area (TPSA) is 50.6 Å². The van der Waals surface area contributed by atoms with E-state index in [4.69, 9.17) is 4.74 Å². The van der Waals surface area contributed by atoms with Crippen LogP contribution >= 0.6 is 15.9 Å². The summed E-state index contributed by atoms with van der Waals surface area (Å²) in [5.74, 6) is 0. The third-order valence-corrected chi connectivity index (χ3v) is 4.68. The number of amides is 1. The Kier molecular flexibility index (Phi) is 4.46. The summed E-state index contributed by atoms with van der Waals surface area (Å²) in [6.45, 7) is 8.53. The van der Waals surface area contributed by atoms with Crippen molar-refractivity contribution < 1.29 is 9.53 Å². The molecule has 2 aromatic rings. The first-order valence-electron chi connectivity index (χ1n) is 8.08. The van der Waals surface area contributed by atoms with Gasteiger partial charge in [0.05, 0.1) is 11.9 Å². The van der Waals surface area contributed by atoms with E-state index in [0.717, 1.165) is 34.3 Å². The number of halogens is 1. The molecule has 1 saturated heterocycles. The van der Waals surface area contributed by atoms with Crippen molar-refractivity contribution in [3.8, 4) is 0 Å². The van der Waals surface area contributed by atoms with Crippen molar-refractivity contribution in [1.82, 2.24) is 14.5 Å². The summed E-state index contributed by atoms with van der Waals surface area (Å²) >= 11 is 3.58. The number of rotatable bonds is 1. The Labute approximate surface area is 150 Å². The molecule has 3 rings (SSSR count). The normalized spacial score (nSPS) is 15.9. The van der Waals surface area contributed by atoms with Gasteiger partial charge in [0.1, 0.15) is 11.2 Å². The highest BCUT2D eigenvalue weighted by Gasteiger charge is 2.26. The number of hydrogen-bond acceptors (Lipinski definition) is 4. The van der Waals surface area contributed by atoms with E-state index in [0.29, 0.717) is 13.1 Å². The zero-order chi connectivity index (χ0) is 17.5. The summed E-state index contributed by atoms with van der Waals surface area (Å²) in [7, 11) is 1.99. The number of anilines is 1.